The number of Topliss-reactive ketones (excluding diaryl/α,β-unsaturated/α-hetero) is 1. The molecule has 6 heteroatoms. The van der Waals surface area contributed by atoms with Crippen molar-refractivity contribution >= 4 is 26.5 Å². The van der Waals surface area contributed by atoms with Gasteiger partial charge in [0.2, 0.25) is 0 Å². The Bertz CT molecular complexity index is 741. The van der Waals surface area contributed by atoms with Crippen molar-refractivity contribution in [3.8, 4) is 0 Å². The number of aromatic nitrogens is 1. The average molecular weight is 292 g/mol. The molecule has 0 fully saturated rings. The van der Waals surface area contributed by atoms with E-state index < -0.39 is 15.9 Å². The summed E-state index contributed by atoms with van der Waals surface area (Å²) in [4.78, 5) is 16.3. The van der Waals surface area contributed by atoms with Gasteiger partial charge < -0.3 is 5.73 Å². The fraction of sp³-hybridized carbons (Fsp3) is 0.286. The number of nitrogens with zero attached hydrogens (tertiary/aromatic N) is 1. The molecule has 0 aliphatic carbocycles. The second-order valence-corrected chi connectivity index (χ2v) is 7.06. The maximum Gasteiger partial charge on any atom is 0.179 e. The Morgan fingerprint density at radius 2 is 2.10 bits per heavy atom. The Balaban J connectivity index is 2.18. The maximum absolute atomic E-state index is 12.2. The molecule has 1 atom stereocenters. The van der Waals surface area contributed by atoms with E-state index in [2.05, 4.69) is 4.98 Å². The number of pyridine rings is 1. The molecule has 0 amide bonds. The first-order valence-electron chi connectivity index (χ1n) is 6.19. The third-order valence-electron chi connectivity index (χ3n) is 3.02. The normalized spacial score (nSPS) is 13.3. The molecule has 106 valence electrons. The second kappa shape index (κ2) is 5.68. The lowest BCUT2D eigenvalue weighted by Crippen LogP contribution is -2.32. The number of rotatable bonds is 5. The number of carbonyl (C=O) groups is 1. The van der Waals surface area contributed by atoms with Gasteiger partial charge in [-0.25, -0.2) is 8.42 Å². The minimum absolute atomic E-state index is 0.0883. The summed E-state index contributed by atoms with van der Waals surface area (Å²) in [7, 11) is -3.11. The molecule has 0 spiro atoms. The number of sulfone groups is 1. The summed E-state index contributed by atoms with van der Waals surface area (Å²) in [5, 5.41) is 0.855. The zero-order chi connectivity index (χ0) is 14.8. The fourth-order valence-corrected chi connectivity index (χ4v) is 2.60. The lowest BCUT2D eigenvalue weighted by Gasteiger charge is -2.10. The Morgan fingerprint density at radius 3 is 2.80 bits per heavy atom. The molecule has 0 saturated heterocycles. The number of hydrogen-bond acceptors (Lipinski definition) is 5. The van der Waals surface area contributed by atoms with E-state index in [4.69, 9.17) is 5.73 Å². The van der Waals surface area contributed by atoms with Crippen LogP contribution in [0.4, 0.5) is 0 Å². The summed E-state index contributed by atoms with van der Waals surface area (Å²) in [5.41, 5.74) is 7.05. The molecule has 2 rings (SSSR count). The molecule has 2 aromatic rings. The SMILES string of the molecule is CS(=O)(=O)CCC(N)C(=O)c1ccc2ncccc2c1. The van der Waals surface area contributed by atoms with Gasteiger partial charge in [0.15, 0.2) is 5.78 Å². The summed E-state index contributed by atoms with van der Waals surface area (Å²) < 4.78 is 22.2. The van der Waals surface area contributed by atoms with Gasteiger partial charge >= 0.3 is 0 Å². The van der Waals surface area contributed by atoms with Crippen LogP contribution in [0.1, 0.15) is 16.8 Å². The fourth-order valence-electron chi connectivity index (χ4n) is 1.92. The summed E-state index contributed by atoms with van der Waals surface area (Å²) in [6.45, 7) is 0. The van der Waals surface area contributed by atoms with Crippen molar-refractivity contribution in [1.29, 1.82) is 0 Å². The smallest absolute Gasteiger partial charge is 0.179 e. The van der Waals surface area contributed by atoms with Crippen LogP contribution >= 0.6 is 0 Å². The van der Waals surface area contributed by atoms with Crippen molar-refractivity contribution in [2.24, 2.45) is 5.73 Å². The van der Waals surface area contributed by atoms with Crippen LogP contribution in [0.3, 0.4) is 0 Å². The minimum Gasteiger partial charge on any atom is -0.321 e. The van der Waals surface area contributed by atoms with Crippen molar-refractivity contribution in [3.63, 3.8) is 0 Å². The van der Waals surface area contributed by atoms with Crippen LogP contribution in [0.15, 0.2) is 36.5 Å². The van der Waals surface area contributed by atoms with E-state index in [-0.39, 0.29) is 18.0 Å². The molecule has 0 aliphatic rings. The van der Waals surface area contributed by atoms with Gasteiger partial charge in [0.25, 0.3) is 0 Å². The Hall–Kier alpha value is -1.79. The van der Waals surface area contributed by atoms with Crippen molar-refractivity contribution < 1.29 is 13.2 Å². The molecule has 2 N–H and O–H groups in total. The van der Waals surface area contributed by atoms with Crippen molar-refractivity contribution in [2.45, 2.75) is 12.5 Å². The number of hydrogen-bond donors (Lipinski definition) is 1. The van der Waals surface area contributed by atoms with E-state index >= 15 is 0 Å². The third kappa shape index (κ3) is 3.61. The molecule has 0 radical (unpaired) electrons. The highest BCUT2D eigenvalue weighted by molar-refractivity contribution is 7.90. The van der Waals surface area contributed by atoms with Crippen LogP contribution in [-0.2, 0) is 9.84 Å². The lowest BCUT2D eigenvalue weighted by molar-refractivity contribution is 0.0960. The van der Waals surface area contributed by atoms with E-state index in [0.29, 0.717) is 5.56 Å². The number of benzene rings is 1. The zero-order valence-corrected chi connectivity index (χ0v) is 11.9. The molecular formula is C14H16N2O3S. The van der Waals surface area contributed by atoms with Gasteiger partial charge in [-0.1, -0.05) is 6.07 Å². The molecular weight excluding hydrogens is 276 g/mol. The van der Waals surface area contributed by atoms with Crippen LogP contribution < -0.4 is 5.73 Å². The highest BCUT2D eigenvalue weighted by Crippen LogP contribution is 2.15. The summed E-state index contributed by atoms with van der Waals surface area (Å²) in [6.07, 6.45) is 2.94. The largest absolute Gasteiger partial charge is 0.321 e. The predicted molar refractivity (Wildman–Crippen MR) is 78.4 cm³/mol. The average Bonchev–Trinajstić information content (AvgIpc) is 2.42. The van der Waals surface area contributed by atoms with Crippen LogP contribution in [0.2, 0.25) is 0 Å². The van der Waals surface area contributed by atoms with Gasteiger partial charge in [0.1, 0.15) is 9.84 Å². The molecule has 1 heterocycles. The highest BCUT2D eigenvalue weighted by atomic mass is 32.2. The number of carbonyl (C=O) groups excluding carboxylic acids is 1. The highest BCUT2D eigenvalue weighted by Gasteiger charge is 2.18. The Labute approximate surface area is 117 Å². The summed E-state index contributed by atoms with van der Waals surface area (Å²) in [5.74, 6) is -0.339. The van der Waals surface area contributed by atoms with Crippen molar-refractivity contribution in [1.82, 2.24) is 4.98 Å². The topological polar surface area (TPSA) is 90.1 Å². The first-order valence-corrected chi connectivity index (χ1v) is 8.25. The van der Waals surface area contributed by atoms with E-state index in [1.54, 1.807) is 30.5 Å². The molecule has 20 heavy (non-hydrogen) atoms. The van der Waals surface area contributed by atoms with Crippen LogP contribution in [-0.4, -0.2) is 37.2 Å². The van der Waals surface area contributed by atoms with Crippen LogP contribution in [0, 0.1) is 0 Å². The summed E-state index contributed by atoms with van der Waals surface area (Å²) >= 11 is 0. The van der Waals surface area contributed by atoms with Gasteiger partial charge in [-0.15, -0.1) is 0 Å². The van der Waals surface area contributed by atoms with Crippen molar-refractivity contribution in [3.05, 3.63) is 42.1 Å². The number of fused-ring (bicyclic) bond motifs is 1. The van der Waals surface area contributed by atoms with E-state index in [1.807, 2.05) is 6.07 Å². The quantitative estimate of drug-likeness (QED) is 0.836. The van der Waals surface area contributed by atoms with Gasteiger partial charge in [-0.3, -0.25) is 9.78 Å². The third-order valence-corrected chi connectivity index (χ3v) is 4.00. The van der Waals surface area contributed by atoms with Gasteiger partial charge in [-0.2, -0.15) is 0 Å². The predicted octanol–water partition coefficient (Wildman–Crippen LogP) is 1.18. The van der Waals surface area contributed by atoms with Crippen molar-refractivity contribution in [2.75, 3.05) is 12.0 Å². The van der Waals surface area contributed by atoms with Crippen LogP contribution in [0.25, 0.3) is 10.9 Å². The van der Waals surface area contributed by atoms with Gasteiger partial charge in [0, 0.05) is 23.4 Å². The molecule has 0 saturated carbocycles. The van der Waals surface area contributed by atoms with Gasteiger partial charge in [-0.05, 0) is 30.7 Å². The maximum atomic E-state index is 12.2. The minimum atomic E-state index is -3.11. The van der Waals surface area contributed by atoms with Gasteiger partial charge in [0.05, 0.1) is 17.3 Å². The first-order chi connectivity index (χ1) is 9.37. The standard InChI is InChI=1S/C14H16N2O3S/c1-20(18,19)8-6-12(15)14(17)11-4-5-13-10(9-11)3-2-7-16-13/h2-5,7,9,12H,6,8,15H2,1H3. The summed E-state index contributed by atoms with van der Waals surface area (Å²) in [6, 6.07) is 8.00. The Kier molecular flexibility index (Phi) is 4.15. The zero-order valence-electron chi connectivity index (χ0n) is 11.1. The van der Waals surface area contributed by atoms with E-state index in [0.717, 1.165) is 17.2 Å². The molecule has 0 bridgehead atoms. The van der Waals surface area contributed by atoms with E-state index in [9.17, 15) is 13.2 Å². The number of nitrogens with two attached hydrogens (primary N) is 1. The Morgan fingerprint density at radius 1 is 1.35 bits per heavy atom. The molecule has 5 nitrogen and oxygen atoms in total. The lowest BCUT2D eigenvalue weighted by atomic mass is 10.0. The first kappa shape index (κ1) is 14.6. The molecule has 1 aromatic carbocycles. The number of ketones is 1. The van der Waals surface area contributed by atoms with Crippen LogP contribution in [0.5, 0.6) is 0 Å². The molecule has 0 aliphatic heterocycles. The monoisotopic (exact) mass is 292 g/mol. The second-order valence-electron chi connectivity index (χ2n) is 4.80. The molecule has 1 aromatic heterocycles. The van der Waals surface area contributed by atoms with E-state index in [1.165, 1.54) is 0 Å². The molecule has 1 unspecified atom stereocenters.